The van der Waals surface area contributed by atoms with Crippen LogP contribution in [0.3, 0.4) is 0 Å². The van der Waals surface area contributed by atoms with Gasteiger partial charge in [0.15, 0.2) is 0 Å². The highest BCUT2D eigenvalue weighted by Gasteiger charge is 2.26. The molecule has 4 nitrogen and oxygen atoms in total. The third kappa shape index (κ3) is 2.13. The molecule has 3 atom stereocenters. The van der Waals surface area contributed by atoms with E-state index in [0.29, 0.717) is 6.61 Å². The van der Waals surface area contributed by atoms with Gasteiger partial charge in [-0.05, 0) is 6.92 Å². The Morgan fingerprint density at radius 2 is 2.09 bits per heavy atom. The first-order valence-electron chi connectivity index (χ1n) is 3.71. The molecule has 0 saturated carbocycles. The summed E-state index contributed by atoms with van der Waals surface area (Å²) >= 11 is 0. The molecule has 3 unspecified atom stereocenters. The van der Waals surface area contributed by atoms with E-state index in [-0.39, 0.29) is 18.6 Å². The first-order chi connectivity index (χ1) is 5.27. The van der Waals surface area contributed by atoms with E-state index in [1.165, 1.54) is 0 Å². The van der Waals surface area contributed by atoms with Gasteiger partial charge in [0.1, 0.15) is 12.5 Å². The summed E-state index contributed by atoms with van der Waals surface area (Å²) in [6.07, 6.45) is -0.0174. The molecule has 1 aliphatic heterocycles. The van der Waals surface area contributed by atoms with Crippen LogP contribution in [0, 0.1) is 0 Å². The standard InChI is InChI=1S/C7H15NO3/c1-5-7(10-3)8-6(9-2)4-11-5/h5-8H,4H2,1-3H3. The van der Waals surface area contributed by atoms with Crippen molar-refractivity contribution in [3.63, 3.8) is 0 Å². The summed E-state index contributed by atoms with van der Waals surface area (Å²) in [7, 11) is 3.29. The Morgan fingerprint density at radius 3 is 2.64 bits per heavy atom. The molecule has 0 aromatic rings. The Labute approximate surface area is 66.8 Å². The fraction of sp³-hybridized carbons (Fsp3) is 1.00. The van der Waals surface area contributed by atoms with Crippen molar-refractivity contribution in [1.29, 1.82) is 0 Å². The summed E-state index contributed by atoms with van der Waals surface area (Å²) in [5, 5.41) is 3.13. The van der Waals surface area contributed by atoms with Gasteiger partial charge in [-0.1, -0.05) is 0 Å². The van der Waals surface area contributed by atoms with Crippen LogP contribution in [0.2, 0.25) is 0 Å². The Hall–Kier alpha value is -0.160. The van der Waals surface area contributed by atoms with E-state index >= 15 is 0 Å². The zero-order chi connectivity index (χ0) is 8.27. The fourth-order valence-corrected chi connectivity index (χ4v) is 1.09. The van der Waals surface area contributed by atoms with Crippen molar-refractivity contribution in [2.75, 3.05) is 20.8 Å². The summed E-state index contributed by atoms with van der Waals surface area (Å²) in [5.41, 5.74) is 0. The van der Waals surface area contributed by atoms with E-state index in [0.717, 1.165) is 0 Å². The number of morpholine rings is 1. The summed E-state index contributed by atoms with van der Waals surface area (Å²) in [6, 6.07) is 0. The fourth-order valence-electron chi connectivity index (χ4n) is 1.09. The maximum absolute atomic E-state index is 5.37. The smallest absolute Gasteiger partial charge is 0.135 e. The largest absolute Gasteiger partial charge is 0.370 e. The van der Waals surface area contributed by atoms with Crippen molar-refractivity contribution in [3.05, 3.63) is 0 Å². The maximum atomic E-state index is 5.37. The first-order valence-corrected chi connectivity index (χ1v) is 3.71. The zero-order valence-corrected chi connectivity index (χ0v) is 7.16. The van der Waals surface area contributed by atoms with Gasteiger partial charge in [-0.3, -0.25) is 5.32 Å². The van der Waals surface area contributed by atoms with Crippen LogP contribution in [0.25, 0.3) is 0 Å². The monoisotopic (exact) mass is 161 g/mol. The average molecular weight is 161 g/mol. The van der Waals surface area contributed by atoms with Crippen molar-refractivity contribution >= 4 is 0 Å². The SMILES string of the molecule is COC1COC(C)C(OC)N1. The van der Waals surface area contributed by atoms with E-state index in [2.05, 4.69) is 5.32 Å². The molecule has 66 valence electrons. The second kappa shape index (κ2) is 4.01. The summed E-state index contributed by atoms with van der Waals surface area (Å²) in [5.74, 6) is 0. The molecule has 1 fully saturated rings. The molecule has 1 aliphatic rings. The highest BCUT2D eigenvalue weighted by atomic mass is 16.6. The number of methoxy groups -OCH3 is 2. The number of nitrogens with one attached hydrogen (secondary N) is 1. The second-order valence-corrected chi connectivity index (χ2v) is 2.59. The zero-order valence-electron chi connectivity index (χ0n) is 7.16. The van der Waals surface area contributed by atoms with Gasteiger partial charge in [-0.25, -0.2) is 0 Å². The Morgan fingerprint density at radius 1 is 1.36 bits per heavy atom. The van der Waals surface area contributed by atoms with Crippen LogP contribution >= 0.6 is 0 Å². The number of hydrogen-bond acceptors (Lipinski definition) is 4. The van der Waals surface area contributed by atoms with Crippen LogP contribution in [0.1, 0.15) is 6.92 Å². The summed E-state index contributed by atoms with van der Waals surface area (Å²) in [6.45, 7) is 2.55. The Bertz CT molecular complexity index is 120. The molecule has 11 heavy (non-hydrogen) atoms. The molecule has 0 amide bonds. The van der Waals surface area contributed by atoms with Crippen LogP contribution in [0.4, 0.5) is 0 Å². The lowest BCUT2D eigenvalue weighted by Crippen LogP contribution is -2.54. The lowest BCUT2D eigenvalue weighted by molar-refractivity contribution is -0.158. The summed E-state index contributed by atoms with van der Waals surface area (Å²) < 4.78 is 15.5. The topological polar surface area (TPSA) is 39.7 Å². The van der Waals surface area contributed by atoms with Crippen molar-refractivity contribution < 1.29 is 14.2 Å². The van der Waals surface area contributed by atoms with E-state index < -0.39 is 0 Å². The minimum absolute atomic E-state index is 0.0452. The molecule has 1 heterocycles. The normalized spacial score (nSPS) is 39.0. The van der Waals surface area contributed by atoms with E-state index in [9.17, 15) is 0 Å². The molecule has 1 N–H and O–H groups in total. The lowest BCUT2D eigenvalue weighted by Gasteiger charge is -2.33. The van der Waals surface area contributed by atoms with Gasteiger partial charge in [0.05, 0.1) is 12.7 Å². The number of rotatable bonds is 2. The van der Waals surface area contributed by atoms with Crippen LogP contribution in [0.5, 0.6) is 0 Å². The molecule has 0 aromatic carbocycles. The molecule has 0 spiro atoms. The number of hydrogen-bond donors (Lipinski definition) is 1. The minimum atomic E-state index is -0.0614. The summed E-state index contributed by atoms with van der Waals surface area (Å²) in [4.78, 5) is 0. The molecule has 0 aliphatic carbocycles. The van der Waals surface area contributed by atoms with Crippen molar-refractivity contribution in [2.45, 2.75) is 25.5 Å². The molecule has 0 aromatic heterocycles. The third-order valence-corrected chi connectivity index (χ3v) is 1.83. The molecule has 0 radical (unpaired) electrons. The van der Waals surface area contributed by atoms with Gasteiger partial charge < -0.3 is 14.2 Å². The highest BCUT2D eigenvalue weighted by Crippen LogP contribution is 2.08. The van der Waals surface area contributed by atoms with E-state index in [4.69, 9.17) is 14.2 Å². The lowest BCUT2D eigenvalue weighted by atomic mass is 10.3. The predicted octanol–water partition coefficient (Wildman–Crippen LogP) is -0.0603. The van der Waals surface area contributed by atoms with Crippen molar-refractivity contribution in [1.82, 2.24) is 5.32 Å². The molecule has 1 rings (SSSR count). The van der Waals surface area contributed by atoms with E-state index in [1.807, 2.05) is 6.92 Å². The van der Waals surface area contributed by atoms with Crippen molar-refractivity contribution in [3.8, 4) is 0 Å². The van der Waals surface area contributed by atoms with Gasteiger partial charge in [0.2, 0.25) is 0 Å². The van der Waals surface area contributed by atoms with Crippen LogP contribution in [-0.4, -0.2) is 39.4 Å². The molecule has 4 heteroatoms. The van der Waals surface area contributed by atoms with Gasteiger partial charge in [-0.2, -0.15) is 0 Å². The molecule has 1 saturated heterocycles. The second-order valence-electron chi connectivity index (χ2n) is 2.59. The quantitative estimate of drug-likeness (QED) is 0.616. The first kappa shape index (κ1) is 8.93. The van der Waals surface area contributed by atoms with Crippen molar-refractivity contribution in [2.24, 2.45) is 0 Å². The van der Waals surface area contributed by atoms with Crippen LogP contribution < -0.4 is 5.32 Å². The molecule has 0 bridgehead atoms. The van der Waals surface area contributed by atoms with Crippen LogP contribution in [-0.2, 0) is 14.2 Å². The molecular formula is C7H15NO3. The maximum Gasteiger partial charge on any atom is 0.135 e. The minimum Gasteiger partial charge on any atom is -0.370 e. The Kier molecular flexibility index (Phi) is 3.26. The van der Waals surface area contributed by atoms with Gasteiger partial charge in [0.25, 0.3) is 0 Å². The van der Waals surface area contributed by atoms with E-state index in [1.54, 1.807) is 14.2 Å². The van der Waals surface area contributed by atoms with Gasteiger partial charge in [0, 0.05) is 14.2 Å². The molecular weight excluding hydrogens is 146 g/mol. The third-order valence-electron chi connectivity index (χ3n) is 1.83. The number of ether oxygens (including phenoxy) is 3. The predicted molar refractivity (Wildman–Crippen MR) is 40.1 cm³/mol. The Balaban J connectivity index is 2.37. The van der Waals surface area contributed by atoms with Gasteiger partial charge in [-0.15, -0.1) is 0 Å². The average Bonchev–Trinajstić information content (AvgIpc) is 2.05. The highest BCUT2D eigenvalue weighted by molar-refractivity contribution is 4.72. The van der Waals surface area contributed by atoms with Crippen LogP contribution in [0.15, 0.2) is 0 Å². The van der Waals surface area contributed by atoms with Gasteiger partial charge >= 0.3 is 0 Å².